The highest BCUT2D eigenvalue weighted by Gasteiger charge is 2.17. The first kappa shape index (κ1) is 12.9. The number of rotatable bonds is 4. The topological polar surface area (TPSA) is 64.1 Å². The minimum Gasteiger partial charge on any atom is -0.293 e. The summed E-state index contributed by atoms with van der Waals surface area (Å²) in [6.07, 6.45) is 0. The molecule has 0 aliphatic rings. The van der Waals surface area contributed by atoms with Gasteiger partial charge in [0.25, 0.3) is 0 Å². The molecule has 94 valence electrons. The second-order valence-corrected chi connectivity index (χ2v) is 6.69. The molecule has 0 amide bonds. The van der Waals surface area contributed by atoms with E-state index in [2.05, 4.69) is 4.98 Å². The Kier molecular flexibility index (Phi) is 3.58. The minimum absolute atomic E-state index is 0.158. The van der Waals surface area contributed by atoms with Crippen LogP contribution in [0.1, 0.15) is 22.4 Å². The number of hydrogen-bond acceptors (Lipinski definition) is 5. The molecule has 0 unspecified atom stereocenters. The van der Waals surface area contributed by atoms with Crippen molar-refractivity contribution in [3.8, 4) is 0 Å². The molecule has 0 N–H and O–H groups in total. The molecule has 0 aliphatic carbocycles. The fraction of sp³-hybridized carbons (Fsp3) is 0.167. The van der Waals surface area contributed by atoms with Gasteiger partial charge in [-0.25, -0.2) is 13.4 Å². The van der Waals surface area contributed by atoms with Crippen molar-refractivity contribution in [2.75, 3.05) is 0 Å². The van der Waals surface area contributed by atoms with Gasteiger partial charge in [-0.2, -0.15) is 0 Å². The van der Waals surface area contributed by atoms with Gasteiger partial charge in [-0.3, -0.25) is 4.79 Å². The summed E-state index contributed by atoms with van der Waals surface area (Å²) in [5.74, 6) is -0.329. The number of carbonyl (C=O) groups excluding carboxylic acids is 1. The summed E-state index contributed by atoms with van der Waals surface area (Å²) in [6.45, 7) is 1.41. The van der Waals surface area contributed by atoms with Crippen LogP contribution >= 0.6 is 11.3 Å². The van der Waals surface area contributed by atoms with Crippen molar-refractivity contribution in [2.24, 2.45) is 0 Å². The smallest absolute Gasteiger partial charge is 0.184 e. The lowest BCUT2D eigenvalue weighted by atomic mass is 10.4. The van der Waals surface area contributed by atoms with Gasteiger partial charge < -0.3 is 0 Å². The highest BCUT2D eigenvalue weighted by Crippen LogP contribution is 2.19. The van der Waals surface area contributed by atoms with Crippen LogP contribution in [0.4, 0.5) is 0 Å². The zero-order valence-electron chi connectivity index (χ0n) is 9.66. The summed E-state index contributed by atoms with van der Waals surface area (Å²) < 4.78 is 24.1. The molecule has 2 rings (SSSR count). The lowest BCUT2D eigenvalue weighted by Gasteiger charge is -2.01. The molecule has 4 nitrogen and oxygen atoms in total. The first-order valence-corrected chi connectivity index (χ1v) is 7.75. The molecule has 6 heteroatoms. The van der Waals surface area contributed by atoms with Gasteiger partial charge in [0.2, 0.25) is 0 Å². The predicted octanol–water partition coefficient (Wildman–Crippen LogP) is 2.32. The molecule has 1 aromatic carbocycles. The summed E-state index contributed by atoms with van der Waals surface area (Å²) >= 11 is 1.19. The summed E-state index contributed by atoms with van der Waals surface area (Å²) in [7, 11) is -3.39. The lowest BCUT2D eigenvalue weighted by molar-refractivity contribution is 0.101. The van der Waals surface area contributed by atoms with E-state index >= 15 is 0 Å². The van der Waals surface area contributed by atoms with Crippen molar-refractivity contribution < 1.29 is 13.2 Å². The number of hydrogen-bond donors (Lipinski definition) is 0. The number of thiazole rings is 1. The maximum atomic E-state index is 12.1. The molecule has 18 heavy (non-hydrogen) atoms. The molecule has 0 bridgehead atoms. The Balaban J connectivity index is 2.25. The molecule has 0 spiro atoms. The Hall–Kier alpha value is -1.53. The number of sulfone groups is 1. The summed E-state index contributed by atoms with van der Waals surface area (Å²) in [4.78, 5) is 15.4. The van der Waals surface area contributed by atoms with E-state index in [4.69, 9.17) is 0 Å². The van der Waals surface area contributed by atoms with Crippen LogP contribution < -0.4 is 0 Å². The Morgan fingerprint density at radius 1 is 1.28 bits per heavy atom. The minimum atomic E-state index is -3.39. The Morgan fingerprint density at radius 3 is 2.50 bits per heavy atom. The van der Waals surface area contributed by atoms with Crippen LogP contribution in [0.2, 0.25) is 0 Å². The van der Waals surface area contributed by atoms with Gasteiger partial charge in [0.15, 0.2) is 15.6 Å². The van der Waals surface area contributed by atoms with Crippen molar-refractivity contribution in [3.05, 3.63) is 46.4 Å². The molecule has 2 aromatic rings. The third-order valence-corrected chi connectivity index (χ3v) is 5.00. The van der Waals surface area contributed by atoms with Gasteiger partial charge in [-0.1, -0.05) is 18.2 Å². The molecule has 1 heterocycles. The molecule has 0 saturated carbocycles. The molecular formula is C12H11NO3S2. The maximum absolute atomic E-state index is 12.1. The van der Waals surface area contributed by atoms with Crippen molar-refractivity contribution >= 4 is 27.0 Å². The SMILES string of the molecule is CC(=O)c1csc(CS(=O)(=O)c2ccccc2)n1. The maximum Gasteiger partial charge on any atom is 0.184 e. The summed E-state index contributed by atoms with van der Waals surface area (Å²) in [5, 5.41) is 2.02. The first-order chi connectivity index (χ1) is 8.49. The molecule has 1 aromatic heterocycles. The number of ketones is 1. The van der Waals surface area contributed by atoms with Gasteiger partial charge in [0.1, 0.15) is 16.5 Å². The van der Waals surface area contributed by atoms with Crippen molar-refractivity contribution in [1.29, 1.82) is 0 Å². The standard InChI is InChI=1S/C12H11NO3S2/c1-9(14)11-7-17-12(13-11)8-18(15,16)10-5-3-2-4-6-10/h2-7H,8H2,1H3. The second-order valence-electron chi connectivity index (χ2n) is 3.75. The second kappa shape index (κ2) is 4.99. The number of benzene rings is 1. The van der Waals surface area contributed by atoms with Crippen molar-refractivity contribution in [3.63, 3.8) is 0 Å². The fourth-order valence-electron chi connectivity index (χ4n) is 1.41. The lowest BCUT2D eigenvalue weighted by Crippen LogP contribution is -2.05. The highest BCUT2D eigenvalue weighted by molar-refractivity contribution is 7.90. The van der Waals surface area contributed by atoms with Crippen LogP contribution in [0.25, 0.3) is 0 Å². The summed E-state index contributed by atoms with van der Waals surface area (Å²) in [5.41, 5.74) is 0.318. The van der Waals surface area contributed by atoms with E-state index < -0.39 is 9.84 Å². The van der Waals surface area contributed by atoms with Crippen LogP contribution in [0, 0.1) is 0 Å². The van der Waals surface area contributed by atoms with Gasteiger partial charge in [0.05, 0.1) is 4.90 Å². The van der Waals surface area contributed by atoms with E-state index in [9.17, 15) is 13.2 Å². The normalized spacial score (nSPS) is 11.4. The van der Waals surface area contributed by atoms with Crippen LogP contribution in [-0.2, 0) is 15.6 Å². The highest BCUT2D eigenvalue weighted by atomic mass is 32.2. The van der Waals surface area contributed by atoms with E-state index in [1.165, 1.54) is 18.3 Å². The van der Waals surface area contributed by atoms with E-state index in [1.54, 1.807) is 35.7 Å². The molecular weight excluding hydrogens is 270 g/mol. The molecule has 0 radical (unpaired) electrons. The average Bonchev–Trinajstić information content (AvgIpc) is 2.78. The molecule has 0 fully saturated rings. The largest absolute Gasteiger partial charge is 0.293 e. The quantitative estimate of drug-likeness (QED) is 0.807. The third-order valence-electron chi connectivity index (χ3n) is 2.33. The Labute approximate surface area is 109 Å². The van der Waals surface area contributed by atoms with Crippen LogP contribution in [-0.4, -0.2) is 19.2 Å². The number of nitrogens with zero attached hydrogens (tertiary/aromatic N) is 1. The molecule has 0 aliphatic heterocycles. The number of carbonyl (C=O) groups is 1. The van der Waals surface area contributed by atoms with Gasteiger partial charge in [0, 0.05) is 12.3 Å². The zero-order valence-corrected chi connectivity index (χ0v) is 11.3. The first-order valence-electron chi connectivity index (χ1n) is 5.22. The number of Topliss-reactive ketones (excluding diaryl/α,β-unsaturated/α-hetero) is 1. The van der Waals surface area contributed by atoms with Crippen LogP contribution in [0.3, 0.4) is 0 Å². The van der Waals surface area contributed by atoms with Gasteiger partial charge in [-0.15, -0.1) is 11.3 Å². The van der Waals surface area contributed by atoms with E-state index in [0.29, 0.717) is 10.7 Å². The predicted molar refractivity (Wildman–Crippen MR) is 69.5 cm³/mol. The third kappa shape index (κ3) is 2.83. The van der Waals surface area contributed by atoms with E-state index in [0.717, 1.165) is 0 Å². The van der Waals surface area contributed by atoms with Crippen molar-refractivity contribution in [1.82, 2.24) is 4.98 Å². The Bertz CT molecular complexity index is 660. The van der Waals surface area contributed by atoms with Crippen LogP contribution in [0.5, 0.6) is 0 Å². The number of aromatic nitrogens is 1. The fourth-order valence-corrected chi connectivity index (χ4v) is 3.90. The van der Waals surface area contributed by atoms with Gasteiger partial charge >= 0.3 is 0 Å². The average molecular weight is 281 g/mol. The van der Waals surface area contributed by atoms with Crippen LogP contribution in [0.15, 0.2) is 40.6 Å². The van der Waals surface area contributed by atoms with Gasteiger partial charge in [-0.05, 0) is 12.1 Å². The Morgan fingerprint density at radius 2 is 1.94 bits per heavy atom. The van der Waals surface area contributed by atoms with E-state index in [-0.39, 0.29) is 16.4 Å². The molecule has 0 atom stereocenters. The zero-order chi connectivity index (χ0) is 13.2. The van der Waals surface area contributed by atoms with E-state index in [1.807, 2.05) is 0 Å². The van der Waals surface area contributed by atoms with Crippen molar-refractivity contribution in [2.45, 2.75) is 17.6 Å². The monoisotopic (exact) mass is 281 g/mol. The summed E-state index contributed by atoms with van der Waals surface area (Å²) in [6, 6.07) is 8.21. The molecule has 0 saturated heterocycles.